The normalized spacial score (nSPS) is 29.3. The van der Waals surface area contributed by atoms with E-state index in [1.807, 2.05) is 13.0 Å². The second kappa shape index (κ2) is 10.6. The summed E-state index contributed by atoms with van der Waals surface area (Å²) in [5.41, 5.74) is 1.31. The van der Waals surface area contributed by atoms with Gasteiger partial charge in [-0.15, -0.1) is 6.58 Å². The quantitative estimate of drug-likeness (QED) is 0.381. The topological polar surface area (TPSA) is 9.23 Å². The van der Waals surface area contributed by atoms with Gasteiger partial charge in [0.15, 0.2) is 0 Å². The minimum Gasteiger partial charge on any atom is -0.493 e. The molecule has 1 aromatic carbocycles. The molecule has 0 aromatic heterocycles. The molecule has 3 rings (SSSR count). The maximum Gasteiger partial charge on any atom is 0.251 e. The number of aryl methyl sites for hydroxylation is 1. The fourth-order valence-electron chi connectivity index (χ4n) is 5.41. The highest BCUT2D eigenvalue weighted by atomic mass is 19.3. The van der Waals surface area contributed by atoms with Crippen molar-refractivity contribution in [3.63, 3.8) is 0 Å². The molecular weight excluding hydrogens is 366 g/mol. The van der Waals surface area contributed by atoms with E-state index >= 15 is 0 Å². The van der Waals surface area contributed by atoms with E-state index in [2.05, 4.69) is 30.8 Å². The van der Waals surface area contributed by atoms with Crippen LogP contribution in [-0.4, -0.2) is 12.5 Å². The zero-order valence-electron chi connectivity index (χ0n) is 18.1. The van der Waals surface area contributed by atoms with E-state index in [-0.39, 0.29) is 18.3 Å². The first-order valence-electron chi connectivity index (χ1n) is 11.7. The van der Waals surface area contributed by atoms with Crippen LogP contribution >= 0.6 is 0 Å². The van der Waals surface area contributed by atoms with Gasteiger partial charge in [-0.1, -0.05) is 31.6 Å². The summed E-state index contributed by atoms with van der Waals surface area (Å²) in [6.07, 6.45) is 11.8. The van der Waals surface area contributed by atoms with E-state index in [9.17, 15) is 8.78 Å². The molecule has 29 heavy (non-hydrogen) atoms. The highest BCUT2D eigenvalue weighted by Gasteiger charge is 2.46. The molecule has 2 saturated carbocycles. The molecule has 0 spiro atoms. The molecule has 2 fully saturated rings. The number of allylic oxidation sites excluding steroid dienone is 1. The fourth-order valence-corrected chi connectivity index (χ4v) is 5.41. The van der Waals surface area contributed by atoms with Gasteiger partial charge in [0.25, 0.3) is 5.92 Å². The Morgan fingerprint density at radius 3 is 2.34 bits per heavy atom. The molecule has 0 amide bonds. The molecular formula is C26H38F2O. The van der Waals surface area contributed by atoms with Gasteiger partial charge in [-0.05, 0) is 93.2 Å². The summed E-state index contributed by atoms with van der Waals surface area (Å²) in [6, 6.07) is 8.37. The molecule has 0 heterocycles. The van der Waals surface area contributed by atoms with Crippen LogP contribution < -0.4 is 4.74 Å². The van der Waals surface area contributed by atoms with Gasteiger partial charge < -0.3 is 4.74 Å². The number of ether oxygens (including phenoxy) is 1. The lowest BCUT2D eigenvalue weighted by Gasteiger charge is -2.41. The fraction of sp³-hybridized carbons (Fsp3) is 0.692. The van der Waals surface area contributed by atoms with Crippen LogP contribution in [0, 0.1) is 23.7 Å². The van der Waals surface area contributed by atoms with Crippen LogP contribution in [0.3, 0.4) is 0 Å². The van der Waals surface area contributed by atoms with Crippen molar-refractivity contribution >= 4 is 0 Å². The van der Waals surface area contributed by atoms with Crippen molar-refractivity contribution in [2.45, 2.75) is 83.5 Å². The molecule has 0 N–H and O–H groups in total. The summed E-state index contributed by atoms with van der Waals surface area (Å²) >= 11 is 0. The van der Waals surface area contributed by atoms with Gasteiger partial charge in [-0.25, -0.2) is 8.78 Å². The first-order chi connectivity index (χ1) is 14.0. The SMILES string of the molecule is C=CCCc1ccc(OCC2CCC(C3CCC(CCC)C(F)(F)C3)CC2)cc1. The Labute approximate surface area is 175 Å². The second-order valence-corrected chi connectivity index (χ2v) is 9.35. The van der Waals surface area contributed by atoms with Crippen LogP contribution in [0.2, 0.25) is 0 Å². The Hall–Kier alpha value is -1.38. The van der Waals surface area contributed by atoms with Gasteiger partial charge in [0.2, 0.25) is 0 Å². The molecule has 2 aliphatic rings. The van der Waals surface area contributed by atoms with Crippen molar-refractivity contribution in [2.24, 2.45) is 23.7 Å². The Morgan fingerprint density at radius 1 is 1.03 bits per heavy atom. The maximum atomic E-state index is 14.5. The first-order valence-corrected chi connectivity index (χ1v) is 11.7. The van der Waals surface area contributed by atoms with Crippen molar-refractivity contribution in [1.29, 1.82) is 0 Å². The largest absolute Gasteiger partial charge is 0.493 e. The van der Waals surface area contributed by atoms with Crippen LogP contribution in [0.15, 0.2) is 36.9 Å². The molecule has 1 nitrogen and oxygen atoms in total. The highest BCUT2D eigenvalue weighted by Crippen LogP contribution is 2.48. The van der Waals surface area contributed by atoms with Crippen molar-refractivity contribution in [3.8, 4) is 5.75 Å². The summed E-state index contributed by atoms with van der Waals surface area (Å²) < 4.78 is 35.1. The number of hydrogen-bond acceptors (Lipinski definition) is 1. The van der Waals surface area contributed by atoms with Gasteiger partial charge in [0.1, 0.15) is 5.75 Å². The lowest BCUT2D eigenvalue weighted by Crippen LogP contribution is -2.39. The van der Waals surface area contributed by atoms with E-state index in [4.69, 9.17) is 4.74 Å². The van der Waals surface area contributed by atoms with E-state index < -0.39 is 5.92 Å². The van der Waals surface area contributed by atoms with Crippen LogP contribution in [0.25, 0.3) is 0 Å². The minimum atomic E-state index is -2.45. The minimum absolute atomic E-state index is 0.127. The summed E-state index contributed by atoms with van der Waals surface area (Å²) in [7, 11) is 0. The van der Waals surface area contributed by atoms with E-state index in [0.29, 0.717) is 18.3 Å². The average Bonchev–Trinajstić information content (AvgIpc) is 2.73. The third-order valence-electron chi connectivity index (χ3n) is 7.26. The van der Waals surface area contributed by atoms with Crippen molar-refractivity contribution < 1.29 is 13.5 Å². The molecule has 2 aliphatic carbocycles. The van der Waals surface area contributed by atoms with Crippen LogP contribution in [0.1, 0.15) is 76.7 Å². The molecule has 0 aliphatic heterocycles. The molecule has 2 unspecified atom stereocenters. The zero-order valence-corrected chi connectivity index (χ0v) is 18.1. The Kier molecular flexibility index (Phi) is 8.15. The van der Waals surface area contributed by atoms with Crippen molar-refractivity contribution in [1.82, 2.24) is 0 Å². The molecule has 0 bridgehead atoms. The lowest BCUT2D eigenvalue weighted by molar-refractivity contribution is -0.115. The summed E-state index contributed by atoms with van der Waals surface area (Å²) in [4.78, 5) is 0. The van der Waals surface area contributed by atoms with Crippen LogP contribution in [0.5, 0.6) is 5.75 Å². The molecule has 0 radical (unpaired) electrons. The number of hydrogen-bond donors (Lipinski definition) is 0. The number of rotatable bonds is 9. The third kappa shape index (κ3) is 6.30. The van der Waals surface area contributed by atoms with Gasteiger partial charge in [0.05, 0.1) is 6.61 Å². The average molecular weight is 405 g/mol. The van der Waals surface area contributed by atoms with Crippen molar-refractivity contribution in [3.05, 3.63) is 42.5 Å². The van der Waals surface area contributed by atoms with E-state index in [1.54, 1.807) is 0 Å². The number of alkyl halides is 2. The predicted molar refractivity (Wildman–Crippen MR) is 117 cm³/mol. The number of halogens is 2. The number of benzene rings is 1. The zero-order chi connectivity index (χ0) is 20.7. The van der Waals surface area contributed by atoms with Crippen LogP contribution in [-0.2, 0) is 6.42 Å². The van der Waals surface area contributed by atoms with Gasteiger partial charge in [0, 0.05) is 12.3 Å². The maximum absolute atomic E-state index is 14.5. The molecule has 0 saturated heterocycles. The molecule has 2 atom stereocenters. The van der Waals surface area contributed by atoms with Gasteiger partial charge >= 0.3 is 0 Å². The Morgan fingerprint density at radius 2 is 1.72 bits per heavy atom. The molecule has 1 aromatic rings. The van der Waals surface area contributed by atoms with Crippen LogP contribution in [0.4, 0.5) is 8.78 Å². The summed E-state index contributed by atoms with van der Waals surface area (Å²) in [5, 5.41) is 0. The Bertz CT molecular complexity index is 616. The first kappa shape index (κ1) is 22.3. The van der Waals surface area contributed by atoms with E-state index in [1.165, 1.54) is 5.56 Å². The monoisotopic (exact) mass is 404 g/mol. The summed E-state index contributed by atoms with van der Waals surface area (Å²) in [5.74, 6) is -0.618. The van der Waals surface area contributed by atoms with Gasteiger partial charge in [-0.2, -0.15) is 0 Å². The molecule has 3 heteroatoms. The standard InChI is InChI=1S/C26H38F2O/c1-3-5-7-20-10-16-25(17-11-20)29-19-21-8-12-22(13-9-21)23-14-15-24(6-4-2)26(27,28)18-23/h3,10-11,16-17,21-24H,1,4-9,12-15,18-19H2,2H3. The van der Waals surface area contributed by atoms with E-state index in [0.717, 1.165) is 70.1 Å². The second-order valence-electron chi connectivity index (χ2n) is 9.35. The van der Waals surface area contributed by atoms with Gasteiger partial charge in [-0.3, -0.25) is 0 Å². The predicted octanol–water partition coefficient (Wildman–Crippen LogP) is 7.84. The lowest BCUT2D eigenvalue weighted by atomic mass is 9.67. The Balaban J connectivity index is 1.40. The molecule has 162 valence electrons. The smallest absolute Gasteiger partial charge is 0.251 e. The third-order valence-corrected chi connectivity index (χ3v) is 7.26. The summed E-state index contributed by atoms with van der Waals surface area (Å²) in [6.45, 7) is 6.53. The van der Waals surface area contributed by atoms with Crippen molar-refractivity contribution in [2.75, 3.05) is 6.61 Å². The highest BCUT2D eigenvalue weighted by molar-refractivity contribution is 5.27.